The van der Waals surface area contributed by atoms with E-state index in [4.69, 9.17) is 0 Å². The van der Waals surface area contributed by atoms with E-state index >= 15 is 0 Å². The fourth-order valence-electron chi connectivity index (χ4n) is 1.77. The van der Waals surface area contributed by atoms with Crippen molar-refractivity contribution in [2.75, 3.05) is 0 Å². The van der Waals surface area contributed by atoms with Crippen molar-refractivity contribution in [3.8, 4) is 0 Å². The van der Waals surface area contributed by atoms with Crippen LogP contribution in [0.5, 0.6) is 0 Å². The molecule has 0 saturated heterocycles. The van der Waals surface area contributed by atoms with Crippen molar-refractivity contribution in [2.24, 2.45) is 0 Å². The van der Waals surface area contributed by atoms with Gasteiger partial charge in [-0.25, -0.2) is 4.98 Å². The van der Waals surface area contributed by atoms with Crippen molar-refractivity contribution in [1.29, 1.82) is 0 Å². The maximum atomic E-state index is 12.1. The van der Waals surface area contributed by atoms with E-state index in [1.165, 1.54) is 4.88 Å². The van der Waals surface area contributed by atoms with Gasteiger partial charge >= 0.3 is 0 Å². The third kappa shape index (κ3) is 3.45. The summed E-state index contributed by atoms with van der Waals surface area (Å²) in [7, 11) is 0. The number of thiazole rings is 1. The Balaban J connectivity index is 2.00. The van der Waals surface area contributed by atoms with Crippen molar-refractivity contribution in [2.45, 2.75) is 33.4 Å². The number of amides is 1. The Kier molecular flexibility index (Phi) is 4.76. The fraction of sp³-hybridized carbons (Fsp3) is 0.385. The minimum Gasteiger partial charge on any atom is -0.344 e. The lowest BCUT2D eigenvalue weighted by Crippen LogP contribution is -2.25. The molecule has 0 bridgehead atoms. The quantitative estimate of drug-likeness (QED) is 0.907. The molecule has 102 valence electrons. The molecule has 4 nitrogen and oxygen atoms in total. The highest BCUT2D eigenvalue weighted by molar-refractivity contribution is 9.10. The molecular weight excluding hydrogens is 326 g/mol. The number of aryl methyl sites for hydroxylation is 2. The first-order valence-corrected chi connectivity index (χ1v) is 7.82. The number of hydrogen-bond acceptors (Lipinski definition) is 3. The first-order valence-electron chi connectivity index (χ1n) is 6.21. The minimum atomic E-state index is -0.0687. The molecule has 1 amide bonds. The molecule has 19 heavy (non-hydrogen) atoms. The van der Waals surface area contributed by atoms with Gasteiger partial charge < -0.3 is 9.88 Å². The van der Waals surface area contributed by atoms with Gasteiger partial charge in [0.15, 0.2) is 0 Å². The number of carbonyl (C=O) groups is 1. The zero-order valence-electron chi connectivity index (χ0n) is 10.9. The Morgan fingerprint density at radius 3 is 2.95 bits per heavy atom. The van der Waals surface area contributed by atoms with Gasteiger partial charge in [-0.1, -0.05) is 6.92 Å². The van der Waals surface area contributed by atoms with Gasteiger partial charge in [0.25, 0.3) is 5.91 Å². The molecule has 0 aromatic carbocycles. The summed E-state index contributed by atoms with van der Waals surface area (Å²) in [6.45, 7) is 5.36. The lowest BCUT2D eigenvalue weighted by molar-refractivity contribution is 0.0941. The van der Waals surface area contributed by atoms with Crippen molar-refractivity contribution in [3.05, 3.63) is 38.5 Å². The molecule has 0 aliphatic carbocycles. The van der Waals surface area contributed by atoms with Crippen molar-refractivity contribution >= 4 is 33.2 Å². The summed E-state index contributed by atoms with van der Waals surface area (Å²) in [5.41, 5.74) is 0.668. The first-order chi connectivity index (χ1) is 9.13. The van der Waals surface area contributed by atoms with Crippen LogP contribution in [0.3, 0.4) is 0 Å². The minimum absolute atomic E-state index is 0.0687. The highest BCUT2D eigenvalue weighted by atomic mass is 79.9. The molecule has 6 heteroatoms. The molecule has 2 aromatic heterocycles. The number of nitrogens with zero attached hydrogens (tertiary/aromatic N) is 2. The summed E-state index contributed by atoms with van der Waals surface area (Å²) in [4.78, 5) is 17.6. The second-order valence-corrected chi connectivity index (χ2v) is 6.20. The van der Waals surface area contributed by atoms with Crippen LogP contribution in [0, 0.1) is 0 Å². The van der Waals surface area contributed by atoms with Crippen LogP contribution in [0.15, 0.2) is 22.9 Å². The molecule has 0 saturated carbocycles. The molecule has 0 aliphatic rings. The number of hydrogen-bond donors (Lipinski definition) is 1. The second kappa shape index (κ2) is 6.34. The zero-order chi connectivity index (χ0) is 13.8. The van der Waals surface area contributed by atoms with E-state index in [-0.39, 0.29) is 5.91 Å². The molecule has 2 rings (SSSR count). The summed E-state index contributed by atoms with van der Waals surface area (Å²) in [6, 6.07) is 1.83. The smallest absolute Gasteiger partial charge is 0.268 e. The van der Waals surface area contributed by atoms with Gasteiger partial charge in [0.05, 0.1) is 6.54 Å². The molecule has 0 aliphatic heterocycles. The third-order valence-corrected chi connectivity index (χ3v) is 4.36. The Morgan fingerprint density at radius 1 is 1.53 bits per heavy atom. The number of nitrogens with one attached hydrogen (secondary N) is 1. The van der Waals surface area contributed by atoms with Crippen molar-refractivity contribution in [3.63, 3.8) is 0 Å². The maximum Gasteiger partial charge on any atom is 0.268 e. The van der Waals surface area contributed by atoms with E-state index in [9.17, 15) is 4.79 Å². The van der Waals surface area contributed by atoms with Crippen LogP contribution in [0.1, 0.15) is 34.2 Å². The van der Waals surface area contributed by atoms with Crippen LogP contribution in [0.2, 0.25) is 0 Å². The average molecular weight is 342 g/mol. The van der Waals surface area contributed by atoms with Crippen LogP contribution in [0.4, 0.5) is 0 Å². The normalized spacial score (nSPS) is 10.7. The fourth-order valence-corrected chi connectivity index (χ4v) is 3.03. The van der Waals surface area contributed by atoms with E-state index in [2.05, 4.69) is 33.2 Å². The van der Waals surface area contributed by atoms with Crippen LogP contribution in [0.25, 0.3) is 0 Å². The van der Waals surface area contributed by atoms with Gasteiger partial charge in [-0.3, -0.25) is 4.79 Å². The number of rotatable bonds is 5. The Morgan fingerprint density at radius 2 is 2.32 bits per heavy atom. The number of halogens is 1. The van der Waals surface area contributed by atoms with Crippen LogP contribution >= 0.6 is 27.3 Å². The standard InChI is InChI=1S/C13H16BrN3OS/c1-3-10-6-15-12(19-10)7-16-13(18)11-5-9(14)8-17(11)4-2/h5-6,8H,3-4,7H2,1-2H3,(H,16,18). The maximum absolute atomic E-state index is 12.1. The van der Waals surface area contributed by atoms with E-state index in [0.717, 1.165) is 22.4 Å². The summed E-state index contributed by atoms with van der Waals surface area (Å²) < 4.78 is 2.83. The average Bonchev–Trinajstić information content (AvgIpc) is 3.01. The van der Waals surface area contributed by atoms with Gasteiger partial charge in [-0.2, -0.15) is 0 Å². The van der Waals surface area contributed by atoms with Crippen LogP contribution in [-0.2, 0) is 19.5 Å². The van der Waals surface area contributed by atoms with Crippen molar-refractivity contribution < 1.29 is 4.79 Å². The molecule has 2 aromatic rings. The van der Waals surface area contributed by atoms with E-state index in [0.29, 0.717) is 12.2 Å². The summed E-state index contributed by atoms with van der Waals surface area (Å²) in [5.74, 6) is -0.0687. The largest absolute Gasteiger partial charge is 0.344 e. The van der Waals surface area contributed by atoms with E-state index in [1.807, 2.05) is 30.0 Å². The van der Waals surface area contributed by atoms with Gasteiger partial charge in [0.2, 0.25) is 0 Å². The third-order valence-electron chi connectivity index (χ3n) is 2.79. The van der Waals surface area contributed by atoms with Gasteiger partial charge in [0, 0.05) is 28.3 Å². The monoisotopic (exact) mass is 341 g/mol. The summed E-state index contributed by atoms with van der Waals surface area (Å²) in [6.07, 6.45) is 4.77. The summed E-state index contributed by atoms with van der Waals surface area (Å²) >= 11 is 5.03. The highest BCUT2D eigenvalue weighted by Crippen LogP contribution is 2.16. The van der Waals surface area contributed by atoms with E-state index < -0.39 is 0 Å². The van der Waals surface area contributed by atoms with Gasteiger partial charge in [0.1, 0.15) is 10.7 Å². The van der Waals surface area contributed by atoms with Gasteiger partial charge in [-0.05, 0) is 35.3 Å². The SMILES string of the molecule is CCc1cnc(CNC(=O)c2cc(Br)cn2CC)s1. The predicted molar refractivity (Wildman–Crippen MR) is 80.5 cm³/mol. The molecule has 0 fully saturated rings. The number of aromatic nitrogens is 2. The Labute approximate surface area is 125 Å². The van der Waals surface area contributed by atoms with E-state index in [1.54, 1.807) is 11.3 Å². The molecule has 0 radical (unpaired) electrons. The topological polar surface area (TPSA) is 46.9 Å². The Hall–Kier alpha value is -1.14. The lowest BCUT2D eigenvalue weighted by atomic mass is 10.4. The predicted octanol–water partition coefficient (Wildman–Crippen LogP) is 3.22. The molecular formula is C13H16BrN3OS. The second-order valence-electron chi connectivity index (χ2n) is 4.09. The van der Waals surface area contributed by atoms with Crippen molar-refractivity contribution in [1.82, 2.24) is 14.9 Å². The molecule has 2 heterocycles. The van der Waals surface area contributed by atoms with Crippen LogP contribution < -0.4 is 5.32 Å². The molecule has 0 unspecified atom stereocenters. The highest BCUT2D eigenvalue weighted by Gasteiger charge is 2.12. The Bertz CT molecular complexity index is 576. The van der Waals surface area contributed by atoms with Crippen LogP contribution in [-0.4, -0.2) is 15.5 Å². The number of carbonyl (C=O) groups excluding carboxylic acids is 1. The molecule has 1 N–H and O–H groups in total. The summed E-state index contributed by atoms with van der Waals surface area (Å²) in [5, 5.41) is 3.85. The van der Waals surface area contributed by atoms with Gasteiger partial charge in [-0.15, -0.1) is 11.3 Å². The first kappa shape index (κ1) is 14.3. The lowest BCUT2D eigenvalue weighted by Gasteiger charge is -2.06. The zero-order valence-corrected chi connectivity index (χ0v) is 13.3. The molecule has 0 atom stereocenters. The molecule has 0 spiro atoms.